The van der Waals surface area contributed by atoms with Crippen LogP contribution >= 0.6 is 68.8 Å². The number of benzene rings is 2. The summed E-state index contributed by atoms with van der Waals surface area (Å²) >= 11 is 4.08. The predicted molar refractivity (Wildman–Crippen MR) is 126 cm³/mol. The number of nitrogens with one attached hydrogen (secondary N) is 2. The third-order valence-electron chi connectivity index (χ3n) is 3.49. The molecule has 1 aromatic heterocycles. The van der Waals surface area contributed by atoms with E-state index in [0.717, 1.165) is 31.3 Å². The summed E-state index contributed by atoms with van der Waals surface area (Å²) in [5, 5.41) is 16.7. The molecule has 10 heteroatoms. The summed E-state index contributed by atoms with van der Waals surface area (Å²) in [7, 11) is 0. The van der Waals surface area contributed by atoms with Gasteiger partial charge in [-0.1, -0.05) is 41.7 Å². The van der Waals surface area contributed by atoms with Crippen molar-refractivity contribution in [2.24, 2.45) is 11.5 Å². The Bertz CT molecular complexity index is 961. The van der Waals surface area contributed by atoms with Crippen LogP contribution in [0.2, 0.25) is 0 Å². The van der Waals surface area contributed by atoms with Gasteiger partial charge < -0.3 is 11.5 Å². The van der Waals surface area contributed by atoms with Crippen molar-refractivity contribution in [1.82, 2.24) is 0 Å². The average Bonchev–Trinajstić information content (AvgIpc) is 2.89. The Morgan fingerprint density at radius 2 is 1.50 bits per heavy atom. The molecule has 0 radical (unpaired) electrons. The van der Waals surface area contributed by atoms with Crippen molar-refractivity contribution >= 4 is 99.3 Å². The van der Waals surface area contributed by atoms with Crippen LogP contribution in [0.15, 0.2) is 30.3 Å². The van der Waals surface area contributed by atoms with Gasteiger partial charge in [0.05, 0.1) is 0 Å². The minimum Gasteiger partial charge on any atom is -0.379 e. The highest BCUT2D eigenvalue weighted by Crippen LogP contribution is 2.40. The van der Waals surface area contributed by atoms with Gasteiger partial charge in [0, 0.05) is 31.7 Å². The molecule has 0 atom stereocenters. The minimum atomic E-state index is -0.287. The molecule has 0 unspecified atom stereocenters. The van der Waals surface area contributed by atoms with Crippen LogP contribution in [0.4, 0.5) is 4.39 Å². The number of thiophene rings is 1. The van der Waals surface area contributed by atoms with Crippen molar-refractivity contribution < 1.29 is 4.39 Å². The number of fused-ring (bicyclic) bond motifs is 3. The molecular formula is C16H17Br2FN4S3. The molecule has 6 N–H and O–H groups in total. The van der Waals surface area contributed by atoms with E-state index in [1.807, 2.05) is 18.2 Å². The molecule has 26 heavy (non-hydrogen) atoms. The van der Waals surface area contributed by atoms with Gasteiger partial charge >= 0.3 is 0 Å². The normalized spacial score (nSPS) is 10.3. The number of halogens is 3. The van der Waals surface area contributed by atoms with Crippen LogP contribution in [0.5, 0.6) is 0 Å². The molecule has 0 spiro atoms. The molecule has 0 bridgehead atoms. The number of hydrogen-bond donors (Lipinski definition) is 4. The zero-order valence-corrected chi connectivity index (χ0v) is 19.3. The Hall–Kier alpha value is -0.810. The molecular weight excluding hydrogens is 523 g/mol. The van der Waals surface area contributed by atoms with E-state index in [9.17, 15) is 4.39 Å². The van der Waals surface area contributed by atoms with E-state index in [1.165, 1.54) is 29.6 Å². The van der Waals surface area contributed by atoms with Crippen molar-refractivity contribution in [3.8, 4) is 0 Å². The molecule has 0 saturated heterocycles. The zero-order valence-electron chi connectivity index (χ0n) is 13.4. The van der Waals surface area contributed by atoms with E-state index >= 15 is 0 Å². The fraction of sp³-hybridized carbons (Fsp3) is 0.125. The number of nitrogens with two attached hydrogens (primary N) is 2. The maximum absolute atomic E-state index is 14.0. The first-order valence-electron chi connectivity index (χ1n) is 7.02. The lowest BCUT2D eigenvalue weighted by molar-refractivity contribution is 0.629. The molecule has 0 fully saturated rings. The van der Waals surface area contributed by atoms with Crippen molar-refractivity contribution in [2.45, 2.75) is 11.5 Å². The van der Waals surface area contributed by atoms with Crippen molar-refractivity contribution in [2.75, 3.05) is 0 Å². The van der Waals surface area contributed by atoms with E-state index in [0.29, 0.717) is 11.5 Å². The summed E-state index contributed by atoms with van der Waals surface area (Å²) in [6.07, 6.45) is 0. The summed E-state index contributed by atoms with van der Waals surface area (Å²) < 4.78 is 16.1. The topological polar surface area (TPSA) is 99.7 Å². The van der Waals surface area contributed by atoms with Crippen LogP contribution in [0, 0.1) is 16.6 Å². The maximum Gasteiger partial charge on any atom is 0.151 e. The molecule has 1 heterocycles. The van der Waals surface area contributed by atoms with Gasteiger partial charge in [-0.25, -0.2) is 4.39 Å². The van der Waals surface area contributed by atoms with Crippen LogP contribution in [0.1, 0.15) is 11.1 Å². The monoisotopic (exact) mass is 538 g/mol. The highest BCUT2D eigenvalue weighted by Gasteiger charge is 2.14. The van der Waals surface area contributed by atoms with E-state index in [-0.39, 0.29) is 50.1 Å². The van der Waals surface area contributed by atoms with Gasteiger partial charge in [-0.2, -0.15) is 0 Å². The van der Waals surface area contributed by atoms with E-state index in [4.69, 9.17) is 22.3 Å². The minimum absolute atomic E-state index is 0. The summed E-state index contributed by atoms with van der Waals surface area (Å²) in [6, 6.07) is 9.00. The second-order valence-corrected chi connectivity index (χ2v) is 8.20. The molecule has 2 aromatic carbocycles. The van der Waals surface area contributed by atoms with Gasteiger partial charge in [-0.05, 0) is 23.3 Å². The van der Waals surface area contributed by atoms with Crippen LogP contribution < -0.4 is 11.5 Å². The molecule has 0 amide bonds. The number of rotatable bonds is 4. The lowest BCUT2D eigenvalue weighted by Crippen LogP contribution is -2.03. The lowest BCUT2D eigenvalue weighted by Gasteiger charge is -2.03. The standard InChI is InChI=1S/C16H15FN4S3.2BrH/c17-10-4-9(7-23-16(20)21)14-12(5-10)11-3-1-2-8(13(11)24-14)6-22-15(18)19;;/h1-5H,6-7H2,(H3,18,19)(H3,20,21);2*1H. The quantitative estimate of drug-likeness (QED) is 0.256. The summed E-state index contributed by atoms with van der Waals surface area (Å²) in [6.45, 7) is 0. The van der Waals surface area contributed by atoms with Gasteiger partial charge in [0.1, 0.15) is 5.82 Å². The Kier molecular flexibility index (Phi) is 8.87. The summed E-state index contributed by atoms with van der Waals surface area (Å²) in [5.41, 5.74) is 12.8. The Balaban J connectivity index is 0.00000169. The number of amidine groups is 2. The van der Waals surface area contributed by atoms with E-state index in [2.05, 4.69) is 0 Å². The third-order valence-corrected chi connectivity index (χ3v) is 6.39. The first-order chi connectivity index (χ1) is 11.5. The highest BCUT2D eigenvalue weighted by atomic mass is 79.9. The molecule has 0 aliphatic heterocycles. The fourth-order valence-electron chi connectivity index (χ4n) is 2.52. The SMILES string of the molecule is Br.Br.N=C(N)SCc1cccc2c1sc1c(CSC(=N)N)cc(F)cc12. The predicted octanol–water partition coefficient (Wildman–Crippen LogP) is 5.60. The molecule has 3 rings (SSSR count). The highest BCUT2D eigenvalue weighted by molar-refractivity contribution is 8.93. The Morgan fingerprint density at radius 1 is 0.923 bits per heavy atom. The molecule has 140 valence electrons. The van der Waals surface area contributed by atoms with Crippen molar-refractivity contribution in [1.29, 1.82) is 10.8 Å². The largest absolute Gasteiger partial charge is 0.379 e. The first-order valence-corrected chi connectivity index (χ1v) is 9.80. The van der Waals surface area contributed by atoms with Crippen molar-refractivity contribution in [3.05, 3.63) is 47.3 Å². The van der Waals surface area contributed by atoms with E-state index in [1.54, 1.807) is 17.4 Å². The second kappa shape index (κ2) is 9.93. The summed E-state index contributed by atoms with van der Waals surface area (Å²) in [4.78, 5) is 0. The van der Waals surface area contributed by atoms with E-state index < -0.39 is 0 Å². The van der Waals surface area contributed by atoms with Crippen LogP contribution in [-0.4, -0.2) is 10.3 Å². The lowest BCUT2D eigenvalue weighted by atomic mass is 10.1. The molecule has 3 aromatic rings. The smallest absolute Gasteiger partial charge is 0.151 e. The summed E-state index contributed by atoms with van der Waals surface area (Å²) in [5.74, 6) is 0.790. The Morgan fingerprint density at radius 3 is 2.12 bits per heavy atom. The van der Waals surface area contributed by atoms with Gasteiger partial charge in [-0.15, -0.1) is 45.3 Å². The zero-order chi connectivity index (χ0) is 17.3. The van der Waals surface area contributed by atoms with Crippen LogP contribution in [0.25, 0.3) is 20.2 Å². The van der Waals surface area contributed by atoms with Gasteiger partial charge in [0.25, 0.3) is 0 Å². The number of hydrogen-bond acceptors (Lipinski definition) is 5. The number of thioether (sulfide) groups is 2. The first kappa shape index (κ1) is 23.2. The third kappa shape index (κ3) is 5.13. The van der Waals surface area contributed by atoms with Crippen LogP contribution in [-0.2, 0) is 11.5 Å². The van der Waals surface area contributed by atoms with Gasteiger partial charge in [-0.3, -0.25) is 10.8 Å². The van der Waals surface area contributed by atoms with Gasteiger partial charge in [0.15, 0.2) is 10.3 Å². The second-order valence-electron chi connectivity index (χ2n) is 5.14. The van der Waals surface area contributed by atoms with Gasteiger partial charge in [0.2, 0.25) is 0 Å². The van der Waals surface area contributed by atoms with Crippen LogP contribution in [0.3, 0.4) is 0 Å². The van der Waals surface area contributed by atoms with Crippen molar-refractivity contribution in [3.63, 3.8) is 0 Å². The Labute approximate surface area is 183 Å². The molecule has 0 aliphatic rings. The molecule has 0 saturated carbocycles. The maximum atomic E-state index is 14.0. The fourth-order valence-corrected chi connectivity index (χ4v) is 5.10. The molecule has 0 aliphatic carbocycles. The molecule has 4 nitrogen and oxygen atoms in total. The average molecular weight is 540 g/mol.